The monoisotopic (exact) mass is 1270 g/mol. The maximum absolute atomic E-state index is 14.3. The Kier molecular flexibility index (Phi) is 19.0. The summed E-state index contributed by atoms with van der Waals surface area (Å²) in [5, 5.41) is 21.6. The number of nitriles is 2. The summed E-state index contributed by atoms with van der Waals surface area (Å²) in [4.78, 5) is 30.0. The van der Waals surface area contributed by atoms with Crippen molar-refractivity contribution < 1.29 is 88.6 Å². The molecule has 0 spiro atoms. The van der Waals surface area contributed by atoms with Crippen LogP contribution in [0.1, 0.15) is 114 Å². The van der Waals surface area contributed by atoms with Crippen LogP contribution in [-0.2, 0) is 51.1 Å². The lowest BCUT2D eigenvalue weighted by Gasteiger charge is -2.36. The van der Waals surface area contributed by atoms with Crippen molar-refractivity contribution in [1.29, 1.82) is 10.5 Å². The minimum atomic E-state index is -5.03. The zero-order valence-corrected chi connectivity index (χ0v) is 48.4. The van der Waals surface area contributed by atoms with Gasteiger partial charge in [0.25, 0.3) is 0 Å². The number of sulfone groups is 2. The van der Waals surface area contributed by atoms with E-state index in [0.29, 0.717) is 25.7 Å². The molecule has 6 atom stereocenters. The van der Waals surface area contributed by atoms with Crippen molar-refractivity contribution in [3.63, 3.8) is 0 Å². The van der Waals surface area contributed by atoms with Crippen LogP contribution in [-0.4, -0.2) is 162 Å². The third-order valence-corrected chi connectivity index (χ3v) is 22.4. The number of hydrogen-bond acceptors (Lipinski definition) is 14. The van der Waals surface area contributed by atoms with E-state index in [9.17, 15) is 89.6 Å². The fourth-order valence-corrected chi connectivity index (χ4v) is 16.8. The van der Waals surface area contributed by atoms with Gasteiger partial charge in [-0.25, -0.2) is 16.8 Å². The third-order valence-electron chi connectivity index (χ3n) is 17.9. The molecule has 8 aliphatic rings. The molecule has 6 saturated carbocycles. The van der Waals surface area contributed by atoms with Crippen molar-refractivity contribution >= 4 is 42.9 Å². The molecular weight excluding hydrogens is 1200 g/mol. The summed E-state index contributed by atoms with van der Waals surface area (Å²) in [6.07, 6.45) is -13.1. The van der Waals surface area contributed by atoms with Crippen LogP contribution in [0.2, 0.25) is 0 Å². The van der Waals surface area contributed by atoms with Gasteiger partial charge in [0, 0.05) is 63.7 Å². The number of hydrogen-bond donors (Lipinski definition) is 2. The number of nitrogens with one attached hydrogen (secondary N) is 2. The molecule has 86 heavy (non-hydrogen) atoms. The van der Waals surface area contributed by atoms with Gasteiger partial charge in [0.15, 0.2) is 19.7 Å². The second-order valence-electron chi connectivity index (χ2n) is 24.1. The lowest BCUT2D eigenvalue weighted by Crippen LogP contribution is -2.49. The van der Waals surface area contributed by atoms with Gasteiger partial charge in [-0.1, -0.05) is 25.7 Å². The van der Waals surface area contributed by atoms with E-state index in [4.69, 9.17) is 9.47 Å². The molecule has 10 rings (SSSR count). The molecule has 0 unspecified atom stereocenters. The third kappa shape index (κ3) is 15.6. The Morgan fingerprint density at radius 2 is 0.849 bits per heavy atom. The first-order valence-corrected chi connectivity index (χ1v) is 32.1. The number of nitrogens with zero attached hydrogens (tertiary/aromatic N) is 6. The normalized spacial score (nSPS) is 26.8. The zero-order valence-electron chi connectivity index (χ0n) is 46.8. The average Bonchev–Trinajstić information content (AvgIpc) is 1.71. The van der Waals surface area contributed by atoms with Gasteiger partial charge < -0.3 is 29.9 Å². The topological polar surface area (TPSA) is 205 Å². The van der Waals surface area contributed by atoms with Crippen LogP contribution in [0.25, 0.3) is 0 Å². The van der Waals surface area contributed by atoms with E-state index in [1.165, 1.54) is 31.7 Å². The van der Waals surface area contributed by atoms with Crippen LogP contribution >= 0.6 is 0 Å². The summed E-state index contributed by atoms with van der Waals surface area (Å²) in [7, 11) is -9.18. The van der Waals surface area contributed by atoms with Gasteiger partial charge in [-0.15, -0.1) is 0 Å². The number of ether oxygens (including phenoxy) is 2. The number of carbonyl (C=O) groups is 2. The summed E-state index contributed by atoms with van der Waals surface area (Å²) < 4.78 is 230. The van der Waals surface area contributed by atoms with E-state index < -0.39 is 136 Å². The Hall–Kier alpha value is -5.14. The van der Waals surface area contributed by atoms with Crippen molar-refractivity contribution in [1.82, 2.24) is 20.4 Å². The van der Waals surface area contributed by atoms with Crippen LogP contribution in [0.4, 0.5) is 64.1 Å². The fourth-order valence-electron chi connectivity index (χ4n) is 12.8. The first-order valence-electron chi connectivity index (χ1n) is 29.0. The summed E-state index contributed by atoms with van der Waals surface area (Å²) in [6, 6.07) is 9.90. The summed E-state index contributed by atoms with van der Waals surface area (Å²) >= 11 is 0. The standard InChI is InChI=1S/2C28H34F6N4O4S/c2*29-27(30,31)17-37-9-11-38(12-10-37)18-5-6-24(22(13-18)28(32,33)34)43(40,41)20-14-21(25(39)36-26(16-35)7-8-26)23(15-20)42-19-3-1-2-4-19/h2*5-6,13,19-21,23H,1-4,7-12,14-15,17H2,(H,36,39)/t2*20-,21-,23-/m10/s1. The molecule has 0 radical (unpaired) electrons. The number of rotatable bonds is 16. The highest BCUT2D eigenvalue weighted by molar-refractivity contribution is 7.92. The van der Waals surface area contributed by atoms with Gasteiger partial charge in [-0.3, -0.25) is 19.4 Å². The van der Waals surface area contributed by atoms with Crippen molar-refractivity contribution in [2.75, 3.05) is 75.2 Å². The first kappa shape index (κ1) is 65.3. The molecule has 8 fully saturated rings. The quantitative estimate of drug-likeness (QED) is 0.151. The Morgan fingerprint density at radius 3 is 1.13 bits per heavy atom. The number of carbonyl (C=O) groups excluding carboxylic acids is 2. The van der Waals surface area contributed by atoms with Crippen LogP contribution in [0.3, 0.4) is 0 Å². The van der Waals surface area contributed by atoms with Crippen molar-refractivity contribution in [2.24, 2.45) is 11.8 Å². The van der Waals surface area contributed by atoms with Gasteiger partial charge in [0.05, 0.1) is 92.9 Å². The van der Waals surface area contributed by atoms with E-state index in [0.717, 1.165) is 75.6 Å². The Morgan fingerprint density at radius 1 is 0.523 bits per heavy atom. The average molecular weight is 1270 g/mol. The lowest BCUT2D eigenvalue weighted by molar-refractivity contribution is -0.147. The molecule has 2 aromatic carbocycles. The summed E-state index contributed by atoms with van der Waals surface area (Å²) in [5.74, 6) is -2.94. The van der Waals surface area contributed by atoms with Crippen molar-refractivity contribution in [3.05, 3.63) is 47.5 Å². The fraction of sp³-hybridized carbons (Fsp3) is 0.714. The molecule has 2 aliphatic heterocycles. The minimum absolute atomic E-state index is 0.0120. The van der Waals surface area contributed by atoms with Gasteiger partial charge in [-0.2, -0.15) is 63.2 Å². The minimum Gasteiger partial charge on any atom is -0.374 e. The van der Waals surface area contributed by atoms with Gasteiger partial charge in [0.1, 0.15) is 11.1 Å². The molecule has 16 nitrogen and oxygen atoms in total. The smallest absolute Gasteiger partial charge is 0.374 e. The van der Waals surface area contributed by atoms with Crippen LogP contribution in [0.5, 0.6) is 0 Å². The van der Waals surface area contributed by atoms with E-state index in [1.54, 1.807) is 0 Å². The maximum atomic E-state index is 14.3. The predicted molar refractivity (Wildman–Crippen MR) is 285 cm³/mol. The SMILES string of the molecule is N#CC1(NC(=O)[C@@H]2C[C@@H](S(=O)(=O)c3ccc(N4CCN(CC(F)(F)F)CC4)cc3C(F)(F)F)C[C@H]2OC2CCCC2)CC1.N#CC1(NC(=O)[C@H]2C[C@H](S(=O)(=O)c3ccc(N4CCN(CC(F)(F)F)CC4)cc3C(F)(F)F)C[C@@H]2OC2CCCC2)CC1. The molecule has 2 aromatic rings. The van der Waals surface area contributed by atoms with Gasteiger partial charge >= 0.3 is 24.7 Å². The predicted octanol–water partition coefficient (Wildman–Crippen LogP) is 8.88. The molecule has 476 valence electrons. The highest BCUT2D eigenvalue weighted by Gasteiger charge is 2.54. The Balaban J connectivity index is 0.000000205. The number of alkyl halides is 12. The molecule has 2 N–H and O–H groups in total. The van der Waals surface area contributed by atoms with E-state index >= 15 is 0 Å². The molecule has 0 aromatic heterocycles. The second-order valence-corrected chi connectivity index (χ2v) is 28.5. The Labute approximate surface area is 490 Å². The second kappa shape index (κ2) is 25.0. The molecule has 2 saturated heterocycles. The molecular formula is C56H68F12N8O8S2. The largest absolute Gasteiger partial charge is 0.417 e. The molecule has 2 heterocycles. The molecule has 0 bridgehead atoms. The molecule has 30 heteroatoms. The highest BCUT2D eigenvalue weighted by Crippen LogP contribution is 2.47. The van der Waals surface area contributed by atoms with Gasteiger partial charge in [-0.05, 0) is 113 Å². The van der Waals surface area contributed by atoms with Crippen molar-refractivity contribution in [3.8, 4) is 12.1 Å². The number of anilines is 2. The van der Waals surface area contributed by atoms with Crippen LogP contribution < -0.4 is 20.4 Å². The maximum Gasteiger partial charge on any atom is 0.417 e. The van der Waals surface area contributed by atoms with Crippen molar-refractivity contribution in [2.45, 2.75) is 183 Å². The van der Waals surface area contributed by atoms with Crippen LogP contribution in [0.15, 0.2) is 46.2 Å². The summed E-state index contributed by atoms with van der Waals surface area (Å²) in [5.41, 5.74) is -4.58. The Bertz CT molecular complexity index is 2890. The molecule has 2 amide bonds. The zero-order chi connectivity index (χ0) is 62.4. The number of halogens is 12. The van der Waals surface area contributed by atoms with E-state index in [2.05, 4.69) is 22.8 Å². The number of piperazine rings is 2. The van der Waals surface area contributed by atoms with Gasteiger partial charge in [0.2, 0.25) is 11.8 Å². The molecule has 6 aliphatic carbocycles. The van der Waals surface area contributed by atoms with E-state index in [-0.39, 0.29) is 102 Å². The van der Waals surface area contributed by atoms with E-state index in [1.807, 2.05) is 0 Å². The number of amides is 2. The first-order chi connectivity index (χ1) is 40.2. The summed E-state index contributed by atoms with van der Waals surface area (Å²) in [6.45, 7) is -2.10. The highest BCUT2D eigenvalue weighted by atomic mass is 32.2. The lowest BCUT2D eigenvalue weighted by atomic mass is 10.0. The number of benzene rings is 2. The van der Waals surface area contributed by atoms with Crippen LogP contribution in [0, 0.1) is 34.5 Å².